The summed E-state index contributed by atoms with van der Waals surface area (Å²) in [4.78, 5) is 23.8. The van der Waals surface area contributed by atoms with E-state index in [0.29, 0.717) is 25.9 Å². The van der Waals surface area contributed by atoms with Gasteiger partial charge in [0.05, 0.1) is 12.0 Å². The molecule has 1 saturated heterocycles. The zero-order valence-electron chi connectivity index (χ0n) is 14.8. The highest BCUT2D eigenvalue weighted by Gasteiger charge is 2.39. The number of hydrogen-bond donors (Lipinski definition) is 2. The van der Waals surface area contributed by atoms with Crippen molar-refractivity contribution >= 4 is 21.9 Å². The summed E-state index contributed by atoms with van der Waals surface area (Å²) in [5.41, 5.74) is -0.794. The third kappa shape index (κ3) is 3.64. The van der Waals surface area contributed by atoms with Gasteiger partial charge in [0.2, 0.25) is 10.0 Å². The van der Waals surface area contributed by atoms with Crippen LogP contribution in [0.1, 0.15) is 61.3 Å². The standard InChI is InChI=1S/C17H24N2O6S/c1-12-14(26(23,24)19-8-4-5-9-19)10-13(25-12)16(22)18-17(11-15(20)21)6-2-3-7-17/h10H,2-9,11H2,1H3,(H,18,22)(H,20,21). The maximum absolute atomic E-state index is 12.7. The van der Waals surface area contributed by atoms with Crippen LogP contribution in [0, 0.1) is 6.92 Å². The minimum Gasteiger partial charge on any atom is -0.481 e. The number of carboxylic acids is 1. The number of aliphatic carboxylic acids is 1. The predicted molar refractivity (Wildman–Crippen MR) is 92.4 cm³/mol. The lowest BCUT2D eigenvalue weighted by Crippen LogP contribution is -2.47. The minimum atomic E-state index is -3.68. The minimum absolute atomic E-state index is 0.00302. The van der Waals surface area contributed by atoms with Crippen LogP contribution in [0.5, 0.6) is 0 Å². The predicted octanol–water partition coefficient (Wildman–Crippen LogP) is 1.89. The first kappa shape index (κ1) is 18.9. The monoisotopic (exact) mass is 384 g/mol. The SMILES string of the molecule is Cc1oc(C(=O)NC2(CC(=O)O)CCCC2)cc1S(=O)(=O)N1CCCC1. The molecule has 1 aromatic rings. The molecule has 0 radical (unpaired) electrons. The van der Waals surface area contributed by atoms with Gasteiger partial charge in [-0.25, -0.2) is 8.42 Å². The molecule has 2 heterocycles. The van der Waals surface area contributed by atoms with E-state index < -0.39 is 27.4 Å². The summed E-state index contributed by atoms with van der Waals surface area (Å²) in [5.74, 6) is -1.48. The first-order valence-electron chi connectivity index (χ1n) is 8.88. The molecule has 0 aromatic carbocycles. The van der Waals surface area contributed by atoms with Gasteiger partial charge in [0, 0.05) is 19.2 Å². The average Bonchev–Trinajstić information content (AvgIpc) is 3.26. The van der Waals surface area contributed by atoms with E-state index in [2.05, 4.69) is 5.32 Å². The van der Waals surface area contributed by atoms with E-state index in [-0.39, 0.29) is 22.8 Å². The Morgan fingerprint density at radius 1 is 1.23 bits per heavy atom. The Bertz CT molecular complexity index is 801. The van der Waals surface area contributed by atoms with Crippen molar-refractivity contribution in [2.24, 2.45) is 0 Å². The number of nitrogens with zero attached hydrogens (tertiary/aromatic N) is 1. The van der Waals surface area contributed by atoms with Gasteiger partial charge in [0.15, 0.2) is 5.76 Å². The maximum atomic E-state index is 12.7. The lowest BCUT2D eigenvalue weighted by Gasteiger charge is -2.28. The number of sulfonamides is 1. The van der Waals surface area contributed by atoms with Gasteiger partial charge < -0.3 is 14.8 Å². The summed E-state index contributed by atoms with van der Waals surface area (Å²) in [6.45, 7) is 2.45. The molecule has 1 aliphatic heterocycles. The van der Waals surface area contributed by atoms with Crippen LogP contribution < -0.4 is 5.32 Å². The molecule has 2 fully saturated rings. The van der Waals surface area contributed by atoms with Crippen LogP contribution in [-0.4, -0.2) is 48.3 Å². The van der Waals surface area contributed by atoms with Crippen LogP contribution in [0.3, 0.4) is 0 Å². The Kier molecular flexibility index (Phi) is 5.12. The quantitative estimate of drug-likeness (QED) is 0.773. The van der Waals surface area contributed by atoms with Gasteiger partial charge in [-0.3, -0.25) is 9.59 Å². The highest BCUT2D eigenvalue weighted by Crippen LogP contribution is 2.33. The molecule has 0 bridgehead atoms. The molecule has 0 spiro atoms. The fraction of sp³-hybridized carbons (Fsp3) is 0.647. The number of nitrogens with one attached hydrogen (secondary N) is 1. The molecule has 2 N–H and O–H groups in total. The average molecular weight is 384 g/mol. The highest BCUT2D eigenvalue weighted by molar-refractivity contribution is 7.89. The fourth-order valence-electron chi connectivity index (χ4n) is 3.89. The lowest BCUT2D eigenvalue weighted by atomic mass is 9.93. The molecule has 144 valence electrons. The molecule has 9 heteroatoms. The van der Waals surface area contributed by atoms with Crippen LogP contribution in [0.2, 0.25) is 0 Å². The molecule has 1 aromatic heterocycles. The Labute approximate surface area is 152 Å². The number of furan rings is 1. The lowest BCUT2D eigenvalue weighted by molar-refractivity contribution is -0.138. The molecule has 8 nitrogen and oxygen atoms in total. The highest BCUT2D eigenvalue weighted by atomic mass is 32.2. The summed E-state index contributed by atoms with van der Waals surface area (Å²) < 4.78 is 32.2. The van der Waals surface area contributed by atoms with Crippen LogP contribution in [-0.2, 0) is 14.8 Å². The van der Waals surface area contributed by atoms with Gasteiger partial charge in [0.1, 0.15) is 10.7 Å². The van der Waals surface area contributed by atoms with Gasteiger partial charge in [-0.2, -0.15) is 4.31 Å². The van der Waals surface area contributed by atoms with E-state index in [1.807, 2.05) is 0 Å². The fourth-order valence-corrected chi connectivity index (χ4v) is 5.57. The van der Waals surface area contributed by atoms with Gasteiger partial charge in [-0.1, -0.05) is 12.8 Å². The Hall–Kier alpha value is -1.87. The zero-order valence-corrected chi connectivity index (χ0v) is 15.6. The second-order valence-electron chi connectivity index (χ2n) is 7.15. The van der Waals surface area contributed by atoms with Gasteiger partial charge in [-0.15, -0.1) is 0 Å². The van der Waals surface area contributed by atoms with Crippen LogP contribution in [0.15, 0.2) is 15.4 Å². The van der Waals surface area contributed by atoms with Crippen LogP contribution in [0.25, 0.3) is 0 Å². The van der Waals surface area contributed by atoms with Crippen molar-refractivity contribution in [2.45, 2.75) is 62.3 Å². The van der Waals surface area contributed by atoms with Crippen molar-refractivity contribution in [3.05, 3.63) is 17.6 Å². The molecule has 0 unspecified atom stereocenters. The largest absolute Gasteiger partial charge is 0.481 e. The molecule has 26 heavy (non-hydrogen) atoms. The third-order valence-corrected chi connectivity index (χ3v) is 7.21. The van der Waals surface area contributed by atoms with E-state index in [1.165, 1.54) is 17.3 Å². The summed E-state index contributed by atoms with van der Waals surface area (Å²) in [6.07, 6.45) is 4.35. The van der Waals surface area contributed by atoms with E-state index in [9.17, 15) is 18.0 Å². The molecule has 3 rings (SSSR count). The molecule has 1 saturated carbocycles. The molecule has 0 atom stereocenters. The van der Waals surface area contributed by atoms with E-state index >= 15 is 0 Å². The van der Waals surface area contributed by atoms with E-state index in [0.717, 1.165) is 25.7 Å². The van der Waals surface area contributed by atoms with Crippen LogP contribution >= 0.6 is 0 Å². The third-order valence-electron chi connectivity index (χ3n) is 5.21. The smallest absolute Gasteiger partial charge is 0.305 e. The molecule has 2 aliphatic rings. The van der Waals surface area contributed by atoms with Gasteiger partial charge in [0.25, 0.3) is 5.91 Å². The number of aryl methyl sites for hydroxylation is 1. The molecular formula is C17H24N2O6S. The van der Waals surface area contributed by atoms with Crippen molar-refractivity contribution < 1.29 is 27.5 Å². The van der Waals surface area contributed by atoms with E-state index in [4.69, 9.17) is 9.52 Å². The van der Waals surface area contributed by atoms with E-state index in [1.54, 1.807) is 0 Å². The Morgan fingerprint density at radius 3 is 2.42 bits per heavy atom. The maximum Gasteiger partial charge on any atom is 0.305 e. The number of rotatable bonds is 6. The van der Waals surface area contributed by atoms with Gasteiger partial charge in [-0.05, 0) is 32.6 Å². The Morgan fingerprint density at radius 2 is 1.85 bits per heavy atom. The summed E-state index contributed by atoms with van der Waals surface area (Å²) in [5, 5.41) is 11.9. The molecule has 1 amide bonds. The summed E-state index contributed by atoms with van der Waals surface area (Å²) in [7, 11) is -3.68. The van der Waals surface area contributed by atoms with Crippen molar-refractivity contribution in [2.75, 3.05) is 13.1 Å². The topological polar surface area (TPSA) is 117 Å². The molecule has 1 aliphatic carbocycles. The second kappa shape index (κ2) is 7.03. The summed E-state index contributed by atoms with van der Waals surface area (Å²) in [6, 6.07) is 1.25. The number of amides is 1. The first-order chi connectivity index (χ1) is 12.2. The van der Waals surface area contributed by atoms with Crippen molar-refractivity contribution in [3.63, 3.8) is 0 Å². The molecular weight excluding hydrogens is 360 g/mol. The number of carbonyl (C=O) groups is 2. The second-order valence-corrected chi connectivity index (χ2v) is 9.06. The zero-order chi connectivity index (χ0) is 18.9. The van der Waals surface area contributed by atoms with Gasteiger partial charge >= 0.3 is 5.97 Å². The number of carbonyl (C=O) groups excluding carboxylic acids is 1. The normalized spacial score (nSPS) is 20.3. The number of hydrogen-bond acceptors (Lipinski definition) is 5. The number of carboxylic acid groups (broad SMARTS) is 1. The summed E-state index contributed by atoms with van der Waals surface area (Å²) >= 11 is 0. The first-order valence-corrected chi connectivity index (χ1v) is 10.3. The van der Waals surface area contributed by atoms with Crippen molar-refractivity contribution in [1.29, 1.82) is 0 Å². The Balaban J connectivity index is 1.81. The van der Waals surface area contributed by atoms with Crippen molar-refractivity contribution in [1.82, 2.24) is 9.62 Å². The van der Waals surface area contributed by atoms with Crippen LogP contribution in [0.4, 0.5) is 0 Å². The van der Waals surface area contributed by atoms with Crippen molar-refractivity contribution in [3.8, 4) is 0 Å².